The number of aromatic amines is 2. The van der Waals surface area contributed by atoms with E-state index < -0.39 is 29.1 Å². The van der Waals surface area contributed by atoms with Gasteiger partial charge in [-0.05, 0) is 23.6 Å². The highest BCUT2D eigenvalue weighted by Crippen LogP contribution is 2.20. The molecule has 0 fully saturated rings. The van der Waals surface area contributed by atoms with Crippen molar-refractivity contribution in [2.45, 2.75) is 25.4 Å². The summed E-state index contributed by atoms with van der Waals surface area (Å²) >= 11 is 0. The van der Waals surface area contributed by atoms with E-state index in [1.165, 1.54) is 7.11 Å². The third-order valence-electron chi connectivity index (χ3n) is 5.62. The van der Waals surface area contributed by atoms with Gasteiger partial charge in [-0.1, -0.05) is 48.5 Å². The first-order valence-electron chi connectivity index (χ1n) is 10.7. The molecular weight excluding hydrogens is 436 g/mol. The third kappa shape index (κ3) is 4.83. The van der Waals surface area contributed by atoms with Crippen LogP contribution in [0.15, 0.2) is 75.4 Å². The number of para-hydroxylation sites is 1. The zero-order chi connectivity index (χ0) is 24.1. The van der Waals surface area contributed by atoms with Crippen molar-refractivity contribution in [3.8, 4) is 5.88 Å². The molecule has 2 aromatic heterocycles. The van der Waals surface area contributed by atoms with E-state index in [0.717, 1.165) is 32.8 Å². The first kappa shape index (κ1) is 22.8. The Morgan fingerprint density at radius 3 is 2.65 bits per heavy atom. The van der Waals surface area contributed by atoms with Crippen molar-refractivity contribution in [1.82, 2.24) is 14.5 Å². The van der Waals surface area contributed by atoms with Crippen LogP contribution >= 0.6 is 0 Å². The van der Waals surface area contributed by atoms with Gasteiger partial charge in [0.05, 0.1) is 7.11 Å². The number of rotatable bonds is 8. The summed E-state index contributed by atoms with van der Waals surface area (Å²) in [7, 11) is 1.26. The fourth-order valence-electron chi connectivity index (χ4n) is 3.79. The number of aliphatic imine (C=N–C) groups is 1. The molecule has 0 aliphatic heterocycles. The second-order valence-electron chi connectivity index (χ2n) is 7.76. The number of ether oxygens (including phenoxy) is 1. The molecule has 4 rings (SSSR count). The van der Waals surface area contributed by atoms with Crippen LogP contribution < -0.4 is 11.2 Å². The molecule has 174 valence electrons. The van der Waals surface area contributed by atoms with E-state index in [0.29, 0.717) is 6.42 Å². The van der Waals surface area contributed by atoms with Gasteiger partial charge in [-0.15, -0.1) is 0 Å². The number of H-pyrrole nitrogens is 2. The molecule has 1 atom stereocenters. The number of esters is 1. The number of aromatic hydroxyl groups is 1. The lowest BCUT2D eigenvalue weighted by Gasteiger charge is -2.11. The third-order valence-corrected chi connectivity index (χ3v) is 5.62. The lowest BCUT2D eigenvalue weighted by molar-refractivity contribution is -0.142. The lowest BCUT2D eigenvalue weighted by Crippen LogP contribution is -2.33. The number of hydrogen-bond donors (Lipinski definition) is 3. The van der Waals surface area contributed by atoms with Gasteiger partial charge >= 0.3 is 11.7 Å². The van der Waals surface area contributed by atoms with Crippen LogP contribution in [0.5, 0.6) is 5.88 Å². The Morgan fingerprint density at radius 2 is 1.88 bits per heavy atom. The Balaban J connectivity index is 1.62. The van der Waals surface area contributed by atoms with Crippen molar-refractivity contribution < 1.29 is 14.6 Å². The molecule has 0 saturated carbocycles. The minimum absolute atomic E-state index is 0.155. The minimum Gasteiger partial charge on any atom is -0.494 e. The van der Waals surface area contributed by atoms with Gasteiger partial charge in [-0.3, -0.25) is 19.3 Å². The monoisotopic (exact) mass is 460 g/mol. The topological polar surface area (TPSA) is 130 Å². The van der Waals surface area contributed by atoms with Crippen molar-refractivity contribution >= 4 is 23.1 Å². The number of methoxy groups -OCH3 is 1. The van der Waals surface area contributed by atoms with Crippen LogP contribution in [0, 0.1) is 0 Å². The zero-order valence-electron chi connectivity index (χ0n) is 18.5. The van der Waals surface area contributed by atoms with E-state index in [-0.39, 0.29) is 18.5 Å². The van der Waals surface area contributed by atoms with Gasteiger partial charge < -0.3 is 14.8 Å². The maximum atomic E-state index is 12.4. The molecule has 0 radical (unpaired) electrons. The van der Waals surface area contributed by atoms with Gasteiger partial charge in [0.15, 0.2) is 6.04 Å². The van der Waals surface area contributed by atoms with E-state index in [2.05, 4.69) is 15.0 Å². The summed E-state index contributed by atoms with van der Waals surface area (Å²) in [5, 5.41) is 11.6. The summed E-state index contributed by atoms with van der Waals surface area (Å²) in [6, 6.07) is 16.1. The highest BCUT2D eigenvalue weighted by molar-refractivity contribution is 5.87. The molecule has 0 amide bonds. The summed E-state index contributed by atoms with van der Waals surface area (Å²) in [5.41, 5.74) is 1.02. The summed E-state index contributed by atoms with van der Waals surface area (Å²) < 4.78 is 5.96. The molecule has 4 aromatic rings. The molecule has 0 spiro atoms. The van der Waals surface area contributed by atoms with Crippen LogP contribution in [0.4, 0.5) is 0 Å². The Labute approximate surface area is 194 Å². The fraction of sp³-hybridized carbons (Fsp3) is 0.200. The molecule has 0 aliphatic carbocycles. The number of hydrogen-bond acceptors (Lipinski definition) is 6. The van der Waals surface area contributed by atoms with Crippen molar-refractivity contribution in [3.63, 3.8) is 0 Å². The Hall–Kier alpha value is -4.40. The van der Waals surface area contributed by atoms with Gasteiger partial charge in [0, 0.05) is 36.3 Å². The van der Waals surface area contributed by atoms with Crippen LogP contribution in [-0.4, -0.2) is 45.0 Å². The highest BCUT2D eigenvalue weighted by Gasteiger charge is 2.21. The van der Waals surface area contributed by atoms with Gasteiger partial charge in [0.1, 0.15) is 5.56 Å². The normalized spacial score (nSPS) is 12.3. The average Bonchev–Trinajstić information content (AvgIpc) is 3.25. The fourth-order valence-corrected chi connectivity index (χ4v) is 3.79. The summed E-state index contributed by atoms with van der Waals surface area (Å²) in [6.45, 7) is 0.155. The minimum atomic E-state index is -0.951. The van der Waals surface area contributed by atoms with Crippen LogP contribution in [0.2, 0.25) is 0 Å². The SMILES string of the molecule is COC(=O)[C@H](Cc1c[nH]c2ccccc12)N=Cc1c(O)n(CCc2ccccc2)c(=O)[nH]c1=O. The maximum Gasteiger partial charge on any atom is 0.331 e. The summed E-state index contributed by atoms with van der Waals surface area (Å²) in [4.78, 5) is 46.7. The van der Waals surface area contributed by atoms with E-state index in [9.17, 15) is 19.5 Å². The number of nitrogens with one attached hydrogen (secondary N) is 2. The number of fused-ring (bicyclic) bond motifs is 1. The van der Waals surface area contributed by atoms with Crippen LogP contribution in [-0.2, 0) is 28.9 Å². The van der Waals surface area contributed by atoms with Crippen LogP contribution in [0.25, 0.3) is 10.9 Å². The molecule has 9 nitrogen and oxygen atoms in total. The van der Waals surface area contributed by atoms with Gasteiger partial charge in [-0.25, -0.2) is 9.59 Å². The Morgan fingerprint density at radius 1 is 1.15 bits per heavy atom. The van der Waals surface area contributed by atoms with E-state index in [1.807, 2.05) is 54.6 Å². The van der Waals surface area contributed by atoms with Crippen molar-refractivity contribution in [2.75, 3.05) is 7.11 Å². The quantitative estimate of drug-likeness (QED) is 0.274. The van der Waals surface area contributed by atoms with E-state index >= 15 is 0 Å². The van der Waals surface area contributed by atoms with E-state index in [1.54, 1.807) is 6.20 Å². The predicted molar refractivity (Wildman–Crippen MR) is 129 cm³/mol. The summed E-state index contributed by atoms with van der Waals surface area (Å²) in [6.07, 6.45) is 3.61. The molecule has 9 heteroatoms. The highest BCUT2D eigenvalue weighted by atomic mass is 16.5. The van der Waals surface area contributed by atoms with Crippen molar-refractivity contribution in [1.29, 1.82) is 0 Å². The molecule has 0 unspecified atom stereocenters. The van der Waals surface area contributed by atoms with Crippen LogP contribution in [0.1, 0.15) is 16.7 Å². The van der Waals surface area contributed by atoms with Crippen molar-refractivity contribution in [3.05, 3.63) is 98.3 Å². The molecule has 0 bridgehead atoms. The number of nitrogens with zero attached hydrogens (tertiary/aromatic N) is 2. The average molecular weight is 460 g/mol. The molecule has 34 heavy (non-hydrogen) atoms. The van der Waals surface area contributed by atoms with E-state index in [4.69, 9.17) is 4.74 Å². The molecule has 0 saturated heterocycles. The lowest BCUT2D eigenvalue weighted by atomic mass is 10.1. The largest absolute Gasteiger partial charge is 0.494 e. The predicted octanol–water partition coefficient (Wildman–Crippen LogP) is 2.17. The Bertz CT molecular complexity index is 1450. The molecular formula is C25H24N4O5. The zero-order valence-corrected chi connectivity index (χ0v) is 18.5. The number of carbonyl (C=O) groups is 1. The first-order valence-corrected chi connectivity index (χ1v) is 10.7. The first-order chi connectivity index (χ1) is 16.5. The van der Waals surface area contributed by atoms with Crippen LogP contribution in [0.3, 0.4) is 0 Å². The number of benzene rings is 2. The standard InChI is InChI=1S/C25H24N4O5/c1-34-24(32)21(13-17-14-26-20-10-6-5-9-18(17)20)27-15-19-22(30)28-25(33)29(23(19)31)12-11-16-7-3-2-4-8-16/h2-10,14-15,21,26,31H,11-13H2,1H3,(H,28,30,33)/t21-/m0/s1. The van der Waals surface area contributed by atoms with Gasteiger partial charge in [0.25, 0.3) is 5.56 Å². The van der Waals surface area contributed by atoms with Gasteiger partial charge in [0.2, 0.25) is 5.88 Å². The Kier molecular flexibility index (Phi) is 6.72. The number of carbonyl (C=O) groups excluding carboxylic acids is 1. The molecule has 2 heterocycles. The van der Waals surface area contributed by atoms with Crippen molar-refractivity contribution in [2.24, 2.45) is 4.99 Å². The smallest absolute Gasteiger partial charge is 0.331 e. The number of aromatic nitrogens is 3. The molecule has 0 aliphatic rings. The second-order valence-corrected chi connectivity index (χ2v) is 7.76. The number of aryl methyl sites for hydroxylation is 1. The van der Waals surface area contributed by atoms with Gasteiger partial charge in [-0.2, -0.15) is 0 Å². The maximum absolute atomic E-state index is 12.4. The molecule has 3 N–H and O–H groups in total. The summed E-state index contributed by atoms with van der Waals surface area (Å²) in [5.74, 6) is -1.10. The molecule has 2 aromatic carbocycles. The second kappa shape index (κ2) is 10.0.